The Balaban J connectivity index is 2.03. The van der Waals surface area contributed by atoms with Gasteiger partial charge in [0, 0.05) is 18.1 Å². The molecule has 0 amide bonds. The van der Waals surface area contributed by atoms with E-state index in [1.165, 1.54) is 16.8 Å². The van der Waals surface area contributed by atoms with Crippen molar-refractivity contribution in [2.45, 2.75) is 13.0 Å². The quantitative estimate of drug-likeness (QED) is 0.684. The molecule has 0 saturated carbocycles. The molecule has 0 spiro atoms. The zero-order chi connectivity index (χ0) is 11.2. The maximum atomic E-state index is 4.67. The number of fused-ring (bicyclic) bond motifs is 5. The highest BCUT2D eigenvalue weighted by Gasteiger charge is 2.24. The van der Waals surface area contributed by atoms with Crippen LogP contribution in [0.1, 0.15) is 12.1 Å². The monoisotopic (exact) mass is 223 g/mol. The van der Waals surface area contributed by atoms with Gasteiger partial charge in [0.1, 0.15) is 0 Å². The van der Waals surface area contributed by atoms with Crippen molar-refractivity contribution in [1.82, 2.24) is 14.7 Å². The van der Waals surface area contributed by atoms with E-state index in [4.69, 9.17) is 0 Å². The van der Waals surface area contributed by atoms with E-state index in [1.54, 1.807) is 0 Å². The Labute approximate surface area is 99.6 Å². The molecule has 1 aromatic heterocycles. The van der Waals surface area contributed by atoms with Crippen molar-refractivity contribution in [3.05, 3.63) is 48.3 Å². The molecule has 2 aromatic rings. The van der Waals surface area contributed by atoms with E-state index in [2.05, 4.69) is 51.2 Å². The van der Waals surface area contributed by atoms with Gasteiger partial charge in [-0.15, -0.1) is 0 Å². The van der Waals surface area contributed by atoms with Crippen molar-refractivity contribution in [2.75, 3.05) is 6.54 Å². The molecule has 3 heterocycles. The van der Waals surface area contributed by atoms with Crippen molar-refractivity contribution in [2.24, 2.45) is 0 Å². The summed E-state index contributed by atoms with van der Waals surface area (Å²) in [6.45, 7) is 1.98. The lowest BCUT2D eigenvalue weighted by molar-refractivity contribution is 0.419. The first-order chi connectivity index (χ1) is 8.43. The molecule has 2 aliphatic heterocycles. The number of aromatic nitrogens is 2. The Morgan fingerprint density at radius 1 is 1.12 bits per heavy atom. The number of hydrogen-bond donors (Lipinski definition) is 0. The van der Waals surface area contributed by atoms with Crippen LogP contribution in [-0.4, -0.2) is 21.2 Å². The van der Waals surface area contributed by atoms with E-state index < -0.39 is 0 Å². The highest BCUT2D eigenvalue weighted by atomic mass is 15.3. The van der Waals surface area contributed by atoms with Gasteiger partial charge in [-0.3, -0.25) is 4.68 Å². The Bertz CT molecular complexity index is 649. The summed E-state index contributed by atoms with van der Waals surface area (Å²) in [6, 6.07) is 8.39. The van der Waals surface area contributed by atoms with Gasteiger partial charge < -0.3 is 4.90 Å². The zero-order valence-corrected chi connectivity index (χ0v) is 9.50. The standard InChI is InChI=1S/C14H13N3/c1-2-6-12-11(5-1)14-13-7-3-4-8-16(13)9-10-17(14)15-12/h1-2,4-8H,3,9-10H2. The zero-order valence-electron chi connectivity index (χ0n) is 9.50. The third kappa shape index (κ3) is 1.19. The molecule has 3 nitrogen and oxygen atoms in total. The van der Waals surface area contributed by atoms with Crippen LogP contribution in [0.15, 0.2) is 42.6 Å². The lowest BCUT2D eigenvalue weighted by Gasteiger charge is -2.31. The van der Waals surface area contributed by atoms with E-state index >= 15 is 0 Å². The Morgan fingerprint density at radius 2 is 2.06 bits per heavy atom. The summed E-state index contributed by atoms with van der Waals surface area (Å²) in [6.07, 6.45) is 7.71. The van der Waals surface area contributed by atoms with Gasteiger partial charge in [-0.1, -0.05) is 30.4 Å². The summed E-state index contributed by atoms with van der Waals surface area (Å²) in [5.74, 6) is 0. The fourth-order valence-electron chi connectivity index (χ4n) is 2.71. The third-order valence-corrected chi connectivity index (χ3v) is 3.48. The van der Waals surface area contributed by atoms with E-state index in [0.29, 0.717) is 0 Å². The maximum Gasteiger partial charge on any atom is 0.0930 e. The minimum absolute atomic E-state index is 0.964. The lowest BCUT2D eigenvalue weighted by atomic mass is 10.1. The average molecular weight is 223 g/mol. The van der Waals surface area contributed by atoms with Gasteiger partial charge in [0.2, 0.25) is 0 Å². The van der Waals surface area contributed by atoms with Crippen LogP contribution < -0.4 is 0 Å². The molecule has 17 heavy (non-hydrogen) atoms. The molecule has 2 aliphatic rings. The van der Waals surface area contributed by atoms with Crippen LogP contribution in [0.5, 0.6) is 0 Å². The summed E-state index contributed by atoms with van der Waals surface area (Å²) in [5, 5.41) is 5.93. The molecular weight excluding hydrogens is 210 g/mol. The third-order valence-electron chi connectivity index (χ3n) is 3.48. The first-order valence-electron chi connectivity index (χ1n) is 6.03. The van der Waals surface area contributed by atoms with Crippen molar-refractivity contribution >= 4 is 16.6 Å². The number of nitrogens with zero attached hydrogens (tertiary/aromatic N) is 3. The second-order valence-electron chi connectivity index (χ2n) is 4.49. The largest absolute Gasteiger partial charge is 0.345 e. The molecule has 1 aromatic carbocycles. The van der Waals surface area contributed by atoms with Crippen LogP contribution in [0.4, 0.5) is 0 Å². The van der Waals surface area contributed by atoms with Crippen molar-refractivity contribution in [3.63, 3.8) is 0 Å². The van der Waals surface area contributed by atoms with Gasteiger partial charge in [0.15, 0.2) is 0 Å². The van der Waals surface area contributed by atoms with E-state index in [0.717, 1.165) is 25.0 Å². The van der Waals surface area contributed by atoms with Gasteiger partial charge in [-0.05, 0) is 12.5 Å². The van der Waals surface area contributed by atoms with Crippen molar-refractivity contribution in [3.8, 4) is 0 Å². The topological polar surface area (TPSA) is 21.1 Å². The fourth-order valence-corrected chi connectivity index (χ4v) is 2.71. The number of allylic oxidation sites excluding steroid dienone is 2. The van der Waals surface area contributed by atoms with Crippen LogP contribution >= 0.6 is 0 Å². The molecular formula is C14H13N3. The Hall–Kier alpha value is -2.03. The number of benzene rings is 1. The predicted octanol–water partition coefficient (Wildman–Crippen LogP) is 2.61. The molecule has 4 rings (SSSR count). The molecule has 0 fully saturated rings. The fraction of sp³-hybridized carbons (Fsp3) is 0.214. The predicted molar refractivity (Wildman–Crippen MR) is 68.2 cm³/mol. The van der Waals surface area contributed by atoms with Crippen molar-refractivity contribution in [1.29, 1.82) is 0 Å². The summed E-state index contributed by atoms with van der Waals surface area (Å²) in [4.78, 5) is 2.33. The minimum Gasteiger partial charge on any atom is -0.345 e. The van der Waals surface area contributed by atoms with Gasteiger partial charge in [0.25, 0.3) is 0 Å². The van der Waals surface area contributed by atoms with Crippen molar-refractivity contribution < 1.29 is 0 Å². The Morgan fingerprint density at radius 3 is 3.06 bits per heavy atom. The molecule has 3 heteroatoms. The second-order valence-corrected chi connectivity index (χ2v) is 4.49. The first kappa shape index (κ1) is 9.05. The van der Waals surface area contributed by atoms with Gasteiger partial charge in [-0.25, -0.2) is 0 Å². The van der Waals surface area contributed by atoms with Gasteiger partial charge >= 0.3 is 0 Å². The average Bonchev–Trinajstić information content (AvgIpc) is 2.77. The molecule has 0 N–H and O–H groups in total. The molecule has 0 bridgehead atoms. The summed E-state index contributed by atoms with van der Waals surface area (Å²) in [7, 11) is 0. The van der Waals surface area contributed by atoms with Crippen LogP contribution in [-0.2, 0) is 6.54 Å². The van der Waals surface area contributed by atoms with Crippen LogP contribution in [0, 0.1) is 0 Å². The molecule has 0 unspecified atom stereocenters. The molecule has 0 radical (unpaired) electrons. The minimum atomic E-state index is 0.964. The molecule has 0 aliphatic carbocycles. The normalized spacial score (nSPS) is 17.9. The highest BCUT2D eigenvalue weighted by molar-refractivity contribution is 5.91. The molecule has 0 saturated heterocycles. The van der Waals surface area contributed by atoms with Gasteiger partial charge in [-0.2, -0.15) is 5.10 Å². The Kier molecular flexibility index (Phi) is 1.72. The number of rotatable bonds is 0. The number of hydrogen-bond acceptors (Lipinski definition) is 2. The molecule has 84 valence electrons. The van der Waals surface area contributed by atoms with Crippen LogP contribution in [0.3, 0.4) is 0 Å². The smallest absolute Gasteiger partial charge is 0.0930 e. The summed E-state index contributed by atoms with van der Waals surface area (Å²) < 4.78 is 2.14. The lowest BCUT2D eigenvalue weighted by Crippen LogP contribution is -2.30. The first-order valence-corrected chi connectivity index (χ1v) is 6.03. The van der Waals surface area contributed by atoms with E-state index in [1.807, 2.05) is 6.07 Å². The maximum absolute atomic E-state index is 4.67. The SMILES string of the molecule is C1=CN2CCn3nc4ccccc4c3C2=CC1. The van der Waals surface area contributed by atoms with Crippen LogP contribution in [0.2, 0.25) is 0 Å². The van der Waals surface area contributed by atoms with E-state index in [-0.39, 0.29) is 0 Å². The molecule has 0 atom stereocenters. The highest BCUT2D eigenvalue weighted by Crippen LogP contribution is 2.32. The van der Waals surface area contributed by atoms with Gasteiger partial charge in [0.05, 0.1) is 23.5 Å². The second kappa shape index (κ2) is 3.23. The van der Waals surface area contributed by atoms with Crippen LogP contribution in [0.25, 0.3) is 16.6 Å². The van der Waals surface area contributed by atoms with E-state index in [9.17, 15) is 0 Å². The summed E-state index contributed by atoms with van der Waals surface area (Å²) >= 11 is 0. The summed E-state index contributed by atoms with van der Waals surface area (Å²) in [5.41, 5.74) is 3.68.